The average Bonchev–Trinajstić information content (AvgIpc) is 2.38. The van der Waals surface area contributed by atoms with Gasteiger partial charge in [0, 0.05) is 12.4 Å². The molecule has 2 aromatic rings. The number of aryl methyl sites for hydroxylation is 1. The molecule has 0 atom stereocenters. The molecule has 0 saturated carbocycles. The monoisotopic (exact) mass is 229 g/mol. The van der Waals surface area contributed by atoms with Gasteiger partial charge in [-0.05, 0) is 19.1 Å². The molecule has 5 heteroatoms. The van der Waals surface area contributed by atoms with Crippen molar-refractivity contribution in [2.45, 2.75) is 6.92 Å². The molecule has 0 fully saturated rings. The predicted molar refractivity (Wildman–Crippen MR) is 61.3 cm³/mol. The lowest BCUT2D eigenvalue weighted by Crippen LogP contribution is -2.27. The summed E-state index contributed by atoms with van der Waals surface area (Å²) in [6.45, 7) is 1.75. The fourth-order valence-electron chi connectivity index (χ4n) is 1.16. The second-order valence-corrected chi connectivity index (χ2v) is 3.37. The normalized spacial score (nSPS) is 9.71. The molecule has 0 aliphatic carbocycles. The Morgan fingerprint density at radius 1 is 1.18 bits per heavy atom. The number of aromatic nitrogens is 2. The Bertz CT molecular complexity index is 497. The van der Waals surface area contributed by atoms with Crippen molar-refractivity contribution in [2.24, 2.45) is 0 Å². The van der Waals surface area contributed by atoms with Crippen LogP contribution in [-0.2, 0) is 0 Å². The number of rotatable bonds is 3. The van der Waals surface area contributed by atoms with Crippen LogP contribution in [0.1, 0.15) is 16.2 Å². The van der Waals surface area contributed by atoms with Crippen LogP contribution in [-0.4, -0.2) is 15.9 Å². The SMILES string of the molecule is Cc1ncc(C(=O)NOc2ccccc2)cn1. The average molecular weight is 229 g/mol. The summed E-state index contributed by atoms with van der Waals surface area (Å²) in [7, 11) is 0. The van der Waals surface area contributed by atoms with Crippen LogP contribution < -0.4 is 10.3 Å². The molecule has 0 aliphatic rings. The number of benzene rings is 1. The van der Waals surface area contributed by atoms with Crippen molar-refractivity contribution in [2.75, 3.05) is 0 Å². The van der Waals surface area contributed by atoms with Gasteiger partial charge in [-0.15, -0.1) is 0 Å². The van der Waals surface area contributed by atoms with Crippen molar-refractivity contribution < 1.29 is 9.63 Å². The second kappa shape index (κ2) is 5.07. The van der Waals surface area contributed by atoms with E-state index in [1.807, 2.05) is 18.2 Å². The van der Waals surface area contributed by atoms with Crippen molar-refractivity contribution >= 4 is 5.91 Å². The highest BCUT2D eigenvalue weighted by Crippen LogP contribution is 2.06. The molecule has 17 heavy (non-hydrogen) atoms. The Labute approximate surface area is 98.4 Å². The zero-order valence-corrected chi connectivity index (χ0v) is 9.25. The number of hydrogen-bond donors (Lipinski definition) is 1. The zero-order chi connectivity index (χ0) is 12.1. The number of hydroxylamine groups is 1. The first-order chi connectivity index (χ1) is 8.25. The van der Waals surface area contributed by atoms with E-state index in [1.54, 1.807) is 19.1 Å². The van der Waals surface area contributed by atoms with Gasteiger partial charge in [0.25, 0.3) is 5.91 Å². The maximum atomic E-state index is 11.6. The van der Waals surface area contributed by atoms with Gasteiger partial charge in [0.2, 0.25) is 0 Å². The Morgan fingerprint density at radius 3 is 2.47 bits per heavy atom. The maximum absolute atomic E-state index is 11.6. The van der Waals surface area contributed by atoms with E-state index in [2.05, 4.69) is 15.4 Å². The van der Waals surface area contributed by atoms with E-state index >= 15 is 0 Å². The summed E-state index contributed by atoms with van der Waals surface area (Å²) in [5, 5.41) is 0. The molecule has 0 unspecified atom stereocenters. The quantitative estimate of drug-likeness (QED) is 0.810. The van der Waals surface area contributed by atoms with Gasteiger partial charge < -0.3 is 4.84 Å². The van der Waals surface area contributed by atoms with Crippen LogP contribution in [0, 0.1) is 6.92 Å². The molecule has 1 heterocycles. The molecule has 0 spiro atoms. The highest BCUT2D eigenvalue weighted by Gasteiger charge is 2.06. The smallest absolute Gasteiger partial charge is 0.287 e. The Balaban J connectivity index is 1.96. The third-order valence-corrected chi connectivity index (χ3v) is 2.05. The number of hydrogen-bond acceptors (Lipinski definition) is 4. The third kappa shape index (κ3) is 3.01. The summed E-state index contributed by atoms with van der Waals surface area (Å²) >= 11 is 0. The van der Waals surface area contributed by atoms with Gasteiger partial charge in [0.15, 0.2) is 5.75 Å². The summed E-state index contributed by atoms with van der Waals surface area (Å²) in [5.74, 6) is 0.799. The summed E-state index contributed by atoms with van der Waals surface area (Å²) < 4.78 is 0. The molecule has 1 aromatic carbocycles. The standard InChI is InChI=1S/C12H11N3O2/c1-9-13-7-10(8-14-9)12(16)15-17-11-5-3-2-4-6-11/h2-8H,1H3,(H,15,16). The van der Waals surface area contributed by atoms with Gasteiger partial charge in [-0.25, -0.2) is 9.97 Å². The van der Waals surface area contributed by atoms with Crippen molar-refractivity contribution in [1.29, 1.82) is 0 Å². The van der Waals surface area contributed by atoms with E-state index in [1.165, 1.54) is 12.4 Å². The third-order valence-electron chi connectivity index (χ3n) is 2.05. The Hall–Kier alpha value is -2.43. The molecule has 2 rings (SSSR count). The van der Waals surface area contributed by atoms with Crippen LogP contribution in [0.2, 0.25) is 0 Å². The largest absolute Gasteiger partial charge is 0.379 e. The first kappa shape index (κ1) is 11.1. The lowest BCUT2D eigenvalue weighted by molar-refractivity contribution is 0.0759. The molecule has 1 N–H and O–H groups in total. The van der Waals surface area contributed by atoms with Gasteiger partial charge >= 0.3 is 0 Å². The van der Waals surface area contributed by atoms with Gasteiger partial charge in [0.1, 0.15) is 5.82 Å². The van der Waals surface area contributed by atoms with Crippen molar-refractivity contribution in [1.82, 2.24) is 15.4 Å². The number of carbonyl (C=O) groups excluding carboxylic acids is 1. The van der Waals surface area contributed by atoms with E-state index in [0.717, 1.165) is 0 Å². The Kier molecular flexibility index (Phi) is 3.30. The first-order valence-electron chi connectivity index (χ1n) is 5.06. The molecule has 86 valence electrons. The van der Waals surface area contributed by atoms with Crippen LogP contribution in [0.25, 0.3) is 0 Å². The van der Waals surface area contributed by atoms with Gasteiger partial charge in [-0.2, -0.15) is 5.48 Å². The molecule has 0 radical (unpaired) electrons. The van der Waals surface area contributed by atoms with E-state index in [4.69, 9.17) is 4.84 Å². The highest BCUT2D eigenvalue weighted by atomic mass is 16.7. The van der Waals surface area contributed by atoms with E-state index in [0.29, 0.717) is 17.1 Å². The van der Waals surface area contributed by atoms with E-state index < -0.39 is 0 Å². The minimum atomic E-state index is -0.381. The summed E-state index contributed by atoms with van der Waals surface area (Å²) in [4.78, 5) is 24.6. The zero-order valence-electron chi connectivity index (χ0n) is 9.25. The number of para-hydroxylation sites is 1. The summed E-state index contributed by atoms with van der Waals surface area (Å²) in [5.41, 5.74) is 2.67. The highest BCUT2D eigenvalue weighted by molar-refractivity contribution is 5.92. The topological polar surface area (TPSA) is 64.1 Å². The minimum absolute atomic E-state index is 0.353. The maximum Gasteiger partial charge on any atom is 0.287 e. The van der Waals surface area contributed by atoms with E-state index in [-0.39, 0.29) is 5.91 Å². The molecule has 5 nitrogen and oxygen atoms in total. The van der Waals surface area contributed by atoms with Gasteiger partial charge in [-0.3, -0.25) is 4.79 Å². The summed E-state index contributed by atoms with van der Waals surface area (Å²) in [6.07, 6.45) is 2.90. The second-order valence-electron chi connectivity index (χ2n) is 3.37. The summed E-state index contributed by atoms with van der Waals surface area (Å²) in [6, 6.07) is 8.98. The van der Waals surface area contributed by atoms with Crippen LogP contribution in [0.3, 0.4) is 0 Å². The fraction of sp³-hybridized carbons (Fsp3) is 0.0833. The molecule has 1 aromatic heterocycles. The molecular weight excluding hydrogens is 218 g/mol. The van der Waals surface area contributed by atoms with Gasteiger partial charge in [-0.1, -0.05) is 18.2 Å². The predicted octanol–water partition coefficient (Wildman–Crippen LogP) is 1.51. The minimum Gasteiger partial charge on any atom is -0.379 e. The molecule has 0 aliphatic heterocycles. The van der Waals surface area contributed by atoms with Crippen LogP contribution in [0.4, 0.5) is 0 Å². The molecule has 0 bridgehead atoms. The lowest BCUT2D eigenvalue weighted by Gasteiger charge is -2.06. The van der Waals surface area contributed by atoms with Crippen LogP contribution >= 0.6 is 0 Å². The molecular formula is C12H11N3O2. The lowest BCUT2D eigenvalue weighted by atomic mass is 10.3. The van der Waals surface area contributed by atoms with Crippen molar-refractivity contribution in [3.05, 3.63) is 54.1 Å². The number of amides is 1. The Morgan fingerprint density at radius 2 is 1.82 bits per heavy atom. The number of nitrogens with one attached hydrogen (secondary N) is 1. The van der Waals surface area contributed by atoms with Gasteiger partial charge in [0.05, 0.1) is 5.56 Å². The molecule has 1 amide bonds. The fourth-order valence-corrected chi connectivity index (χ4v) is 1.16. The van der Waals surface area contributed by atoms with Crippen molar-refractivity contribution in [3.8, 4) is 5.75 Å². The number of nitrogens with zero attached hydrogens (tertiary/aromatic N) is 2. The van der Waals surface area contributed by atoms with Crippen molar-refractivity contribution in [3.63, 3.8) is 0 Å². The first-order valence-corrected chi connectivity index (χ1v) is 5.06. The number of carbonyl (C=O) groups is 1. The van der Waals surface area contributed by atoms with Crippen LogP contribution in [0.15, 0.2) is 42.7 Å². The molecule has 0 saturated heterocycles. The van der Waals surface area contributed by atoms with E-state index in [9.17, 15) is 4.79 Å². The van der Waals surface area contributed by atoms with Crippen LogP contribution in [0.5, 0.6) is 5.75 Å².